The number of hydrogen-bond acceptors (Lipinski definition) is 7. The average molecular weight is 605 g/mol. The second-order valence-corrected chi connectivity index (χ2v) is 11.9. The van der Waals surface area contributed by atoms with Gasteiger partial charge in [0.25, 0.3) is 5.91 Å². The van der Waals surface area contributed by atoms with Gasteiger partial charge in [-0.1, -0.05) is 50.2 Å². The number of fused-ring (bicyclic) bond motifs is 1. The lowest BCUT2D eigenvalue weighted by Crippen LogP contribution is -2.46. The topological polar surface area (TPSA) is 115 Å². The highest BCUT2D eigenvalue weighted by Gasteiger charge is 2.31. The lowest BCUT2D eigenvalue weighted by Gasteiger charge is -2.35. The number of furan rings is 1. The molecule has 4 aromatic rings. The van der Waals surface area contributed by atoms with Crippen molar-refractivity contribution in [3.8, 4) is 11.1 Å². The van der Waals surface area contributed by atoms with Crippen LogP contribution in [-0.4, -0.2) is 59.3 Å². The molecule has 0 bridgehead atoms. The molecule has 0 aliphatic heterocycles. The molecule has 1 amide bonds. The maximum absolute atomic E-state index is 13.2. The van der Waals surface area contributed by atoms with Gasteiger partial charge in [-0.3, -0.25) is 13.3 Å². The predicted molar refractivity (Wildman–Crippen MR) is 170 cm³/mol. The summed E-state index contributed by atoms with van der Waals surface area (Å²) in [5, 5.41) is 3.93. The summed E-state index contributed by atoms with van der Waals surface area (Å²) >= 11 is -2.68. The average Bonchev–Trinajstić information content (AvgIpc) is 3.32. The maximum Gasteiger partial charge on any atom is 0.329 e. The third kappa shape index (κ3) is 7.33. The summed E-state index contributed by atoms with van der Waals surface area (Å²) in [6, 6.07) is 19.2. The Bertz CT molecular complexity index is 1600. The standard InChI is InChI=1S/C33H39N3O6S/c1-21(2)30(33(38)41-6)36(43(39)40)27-18-14-24(15-19-27)23-12-16-26(17-13-23)34-32(37)31-22(3)29-25(10-8-20-35(4)5)9-7-11-28(29)42-31/h7,9,11-19,21,30H,8,10,20H2,1-6H3,(H,34,37)(H,39,40)/p-1. The number of rotatable bonds is 12. The first-order valence-electron chi connectivity index (χ1n) is 14.2. The predicted octanol–water partition coefficient (Wildman–Crippen LogP) is 5.95. The minimum Gasteiger partial charge on any atom is -0.755 e. The number of nitrogens with one attached hydrogen (secondary N) is 1. The molecule has 1 heterocycles. The van der Waals surface area contributed by atoms with Crippen LogP contribution in [0.2, 0.25) is 0 Å². The number of ether oxygens (including phenoxy) is 1. The smallest absolute Gasteiger partial charge is 0.329 e. The highest BCUT2D eigenvalue weighted by Crippen LogP contribution is 2.31. The zero-order chi connectivity index (χ0) is 31.3. The third-order valence-corrected chi connectivity index (χ3v) is 8.14. The van der Waals surface area contributed by atoms with Crippen molar-refractivity contribution in [2.24, 2.45) is 5.92 Å². The first-order chi connectivity index (χ1) is 20.5. The van der Waals surface area contributed by atoms with E-state index in [0.29, 0.717) is 22.7 Å². The first-order valence-corrected chi connectivity index (χ1v) is 15.2. The Morgan fingerprint density at radius 1 is 1.00 bits per heavy atom. The van der Waals surface area contributed by atoms with Gasteiger partial charge in [0.05, 0.1) is 7.11 Å². The van der Waals surface area contributed by atoms with E-state index < -0.39 is 23.3 Å². The summed E-state index contributed by atoms with van der Waals surface area (Å²) in [6.45, 7) is 6.42. The van der Waals surface area contributed by atoms with E-state index in [1.165, 1.54) is 12.7 Å². The molecule has 43 heavy (non-hydrogen) atoms. The second kappa shape index (κ2) is 14.0. The molecule has 0 saturated heterocycles. The van der Waals surface area contributed by atoms with Crippen molar-refractivity contribution in [1.29, 1.82) is 0 Å². The van der Waals surface area contributed by atoms with E-state index >= 15 is 0 Å². The molecule has 1 aromatic heterocycles. The van der Waals surface area contributed by atoms with E-state index in [-0.39, 0.29) is 11.8 Å². The van der Waals surface area contributed by atoms with Gasteiger partial charge in [0.1, 0.15) is 11.6 Å². The van der Waals surface area contributed by atoms with E-state index in [9.17, 15) is 18.4 Å². The monoisotopic (exact) mass is 604 g/mol. The summed E-state index contributed by atoms with van der Waals surface area (Å²) in [6.07, 6.45) is 1.91. The number of methoxy groups -OCH3 is 1. The number of anilines is 2. The largest absolute Gasteiger partial charge is 0.755 e. The van der Waals surface area contributed by atoms with Crippen molar-refractivity contribution >= 4 is 45.5 Å². The Morgan fingerprint density at radius 3 is 2.19 bits per heavy atom. The fourth-order valence-electron chi connectivity index (χ4n) is 5.23. The van der Waals surface area contributed by atoms with Gasteiger partial charge in [0.15, 0.2) is 5.76 Å². The number of hydrogen-bond donors (Lipinski definition) is 1. The van der Waals surface area contributed by atoms with Crippen molar-refractivity contribution < 1.29 is 27.5 Å². The van der Waals surface area contributed by atoms with E-state index in [2.05, 4.69) is 30.4 Å². The van der Waals surface area contributed by atoms with Crippen LogP contribution in [0.3, 0.4) is 0 Å². The van der Waals surface area contributed by atoms with Crippen LogP contribution in [-0.2, 0) is 27.2 Å². The van der Waals surface area contributed by atoms with Crippen LogP contribution in [0.5, 0.6) is 0 Å². The van der Waals surface area contributed by atoms with Crippen molar-refractivity contribution in [1.82, 2.24) is 4.90 Å². The third-order valence-electron chi connectivity index (χ3n) is 7.38. The Morgan fingerprint density at radius 2 is 1.63 bits per heavy atom. The zero-order valence-electron chi connectivity index (χ0n) is 25.4. The van der Waals surface area contributed by atoms with Crippen LogP contribution < -0.4 is 9.62 Å². The molecule has 2 unspecified atom stereocenters. The molecule has 0 aliphatic carbocycles. The molecule has 228 valence electrons. The van der Waals surface area contributed by atoms with Gasteiger partial charge in [0, 0.05) is 33.6 Å². The Balaban J connectivity index is 1.49. The molecule has 0 fully saturated rings. The zero-order valence-corrected chi connectivity index (χ0v) is 26.2. The molecule has 10 heteroatoms. The number of nitrogens with zero attached hydrogens (tertiary/aromatic N) is 2. The van der Waals surface area contributed by atoms with Gasteiger partial charge in [-0.2, -0.15) is 0 Å². The van der Waals surface area contributed by atoms with Gasteiger partial charge >= 0.3 is 5.97 Å². The van der Waals surface area contributed by atoms with Crippen LogP contribution >= 0.6 is 0 Å². The van der Waals surface area contributed by atoms with E-state index in [1.807, 2.05) is 31.2 Å². The number of esters is 1. The van der Waals surface area contributed by atoms with Crippen LogP contribution in [0.1, 0.15) is 41.9 Å². The molecule has 0 saturated carbocycles. The van der Waals surface area contributed by atoms with Crippen molar-refractivity contribution in [3.63, 3.8) is 0 Å². The van der Waals surface area contributed by atoms with Gasteiger partial charge in [0.2, 0.25) is 0 Å². The highest BCUT2D eigenvalue weighted by atomic mass is 32.2. The first kappa shape index (κ1) is 31.9. The molecule has 9 nitrogen and oxygen atoms in total. The van der Waals surface area contributed by atoms with E-state index in [1.54, 1.807) is 50.2 Å². The number of carbonyl (C=O) groups excluding carboxylic acids is 2. The summed E-state index contributed by atoms with van der Waals surface area (Å²) in [5.41, 5.74) is 5.38. The van der Waals surface area contributed by atoms with Gasteiger partial charge < -0.3 is 23.9 Å². The Labute approximate surface area is 255 Å². The van der Waals surface area contributed by atoms with Crippen molar-refractivity contribution in [2.75, 3.05) is 37.4 Å². The molecule has 0 aliphatic rings. The van der Waals surface area contributed by atoms with Crippen LogP contribution in [0.25, 0.3) is 22.1 Å². The fourth-order valence-corrected chi connectivity index (χ4v) is 6.04. The summed E-state index contributed by atoms with van der Waals surface area (Å²) in [7, 11) is 5.35. The van der Waals surface area contributed by atoms with Gasteiger partial charge in [-0.25, -0.2) is 4.79 Å². The maximum atomic E-state index is 13.2. The fraction of sp³-hybridized carbons (Fsp3) is 0.333. The molecular formula is C33H38N3O6S-. The second-order valence-electron chi connectivity index (χ2n) is 11.1. The molecular weight excluding hydrogens is 566 g/mol. The summed E-state index contributed by atoms with van der Waals surface area (Å²) < 4.78 is 36.0. The van der Waals surface area contributed by atoms with Gasteiger partial charge in [-0.15, -0.1) is 0 Å². The molecule has 3 aromatic carbocycles. The Hall–Kier alpha value is -3.99. The van der Waals surface area contributed by atoms with E-state index in [4.69, 9.17) is 9.15 Å². The number of amides is 1. The number of aryl methyl sites for hydroxylation is 2. The van der Waals surface area contributed by atoms with Gasteiger partial charge in [-0.05, 0) is 93.3 Å². The normalized spacial score (nSPS) is 12.9. The quantitative estimate of drug-likeness (QED) is 0.157. The molecule has 4 rings (SSSR count). The molecule has 0 radical (unpaired) electrons. The summed E-state index contributed by atoms with van der Waals surface area (Å²) in [4.78, 5) is 27.7. The Kier molecular flexibility index (Phi) is 10.4. The van der Waals surface area contributed by atoms with E-state index in [0.717, 1.165) is 45.8 Å². The van der Waals surface area contributed by atoms with Crippen LogP contribution in [0.15, 0.2) is 71.1 Å². The summed E-state index contributed by atoms with van der Waals surface area (Å²) in [5.74, 6) is -0.951. The highest BCUT2D eigenvalue weighted by molar-refractivity contribution is 7.80. The SMILES string of the molecule is COC(=O)C(C(C)C)N(c1ccc(-c2ccc(NC(=O)c3oc4cccc(CCCN(C)C)c4c3C)cc2)cc1)S(=O)[O-]. The molecule has 1 N–H and O–H groups in total. The van der Waals surface area contributed by atoms with Crippen molar-refractivity contribution in [3.05, 3.63) is 83.6 Å². The number of carbonyl (C=O) groups is 2. The van der Waals surface area contributed by atoms with Crippen LogP contribution in [0, 0.1) is 12.8 Å². The lowest BCUT2D eigenvalue weighted by molar-refractivity contribution is -0.142. The minimum atomic E-state index is -2.68. The minimum absolute atomic E-state index is 0.293. The number of benzene rings is 3. The van der Waals surface area contributed by atoms with Crippen LogP contribution in [0.4, 0.5) is 11.4 Å². The molecule has 2 atom stereocenters. The lowest BCUT2D eigenvalue weighted by atomic mass is 10.0. The van der Waals surface area contributed by atoms with Crippen molar-refractivity contribution in [2.45, 2.75) is 39.7 Å². The molecule has 0 spiro atoms.